The Morgan fingerprint density at radius 1 is 1.24 bits per heavy atom. The van der Waals surface area contributed by atoms with Gasteiger partial charge in [-0.05, 0) is 30.5 Å². The third kappa shape index (κ3) is 3.88. The highest BCUT2D eigenvalue weighted by atomic mass is 16.5. The van der Waals surface area contributed by atoms with E-state index in [2.05, 4.69) is 6.92 Å². The fraction of sp³-hybridized carbons (Fsp3) is 0.533. The van der Waals surface area contributed by atoms with Crippen LogP contribution < -0.4 is 4.74 Å². The van der Waals surface area contributed by atoms with Gasteiger partial charge in [-0.2, -0.15) is 0 Å². The number of carbonyl (C=O) groups is 1. The van der Waals surface area contributed by atoms with Gasteiger partial charge in [0.2, 0.25) is 0 Å². The van der Waals surface area contributed by atoms with E-state index in [1.807, 2.05) is 38.1 Å². The lowest BCUT2D eigenvalue weighted by Gasteiger charge is -2.16. The zero-order chi connectivity index (χ0) is 12.8. The second-order valence-corrected chi connectivity index (χ2v) is 4.71. The molecule has 1 atom stereocenters. The molecule has 0 amide bonds. The smallest absolute Gasteiger partial charge is 0.138 e. The maximum atomic E-state index is 12.0. The number of carbonyl (C=O) groups excluding carboxylic acids is 1. The molecule has 0 spiro atoms. The summed E-state index contributed by atoms with van der Waals surface area (Å²) in [4.78, 5) is 12.0. The molecular weight excluding hydrogens is 212 g/mol. The summed E-state index contributed by atoms with van der Waals surface area (Å²) >= 11 is 0. The van der Waals surface area contributed by atoms with Crippen molar-refractivity contribution in [2.45, 2.75) is 33.6 Å². The van der Waals surface area contributed by atoms with Crippen LogP contribution in [0.2, 0.25) is 0 Å². The average molecular weight is 234 g/mol. The maximum absolute atomic E-state index is 12.0. The van der Waals surface area contributed by atoms with Crippen molar-refractivity contribution in [2.24, 2.45) is 11.8 Å². The van der Waals surface area contributed by atoms with Crippen molar-refractivity contribution >= 4 is 5.78 Å². The fourth-order valence-electron chi connectivity index (χ4n) is 1.96. The molecule has 0 radical (unpaired) electrons. The quantitative estimate of drug-likeness (QED) is 0.753. The number of ether oxygens (including phenoxy) is 1. The zero-order valence-electron chi connectivity index (χ0n) is 11.2. The predicted molar refractivity (Wildman–Crippen MR) is 70.3 cm³/mol. The molecule has 0 aromatic heterocycles. The standard InChI is InChI=1S/C15H22O2/c1-5-13(15(16)11(2)3)10-12-6-8-14(17-4)9-7-12/h6-9,11,13H,5,10H2,1-4H3. The number of ketones is 1. The molecule has 2 heteroatoms. The molecule has 1 unspecified atom stereocenters. The SMILES string of the molecule is CCC(Cc1ccc(OC)cc1)C(=O)C(C)C. The first kappa shape index (κ1) is 13.8. The topological polar surface area (TPSA) is 26.3 Å². The lowest BCUT2D eigenvalue weighted by Crippen LogP contribution is -2.21. The highest BCUT2D eigenvalue weighted by molar-refractivity contribution is 5.83. The van der Waals surface area contributed by atoms with Crippen LogP contribution in [0.5, 0.6) is 5.75 Å². The highest BCUT2D eigenvalue weighted by Gasteiger charge is 2.19. The van der Waals surface area contributed by atoms with E-state index in [-0.39, 0.29) is 11.8 Å². The number of rotatable bonds is 6. The van der Waals surface area contributed by atoms with Gasteiger partial charge < -0.3 is 4.74 Å². The van der Waals surface area contributed by atoms with Crippen LogP contribution in [0.1, 0.15) is 32.8 Å². The zero-order valence-corrected chi connectivity index (χ0v) is 11.2. The van der Waals surface area contributed by atoms with Crippen LogP contribution in [-0.2, 0) is 11.2 Å². The minimum absolute atomic E-state index is 0.123. The Kier molecular flexibility index (Phi) is 5.20. The number of Topliss-reactive ketones (excluding diaryl/α,β-unsaturated/α-hetero) is 1. The third-order valence-electron chi connectivity index (χ3n) is 3.11. The van der Waals surface area contributed by atoms with Crippen LogP contribution in [0.3, 0.4) is 0 Å². The minimum atomic E-state index is 0.123. The molecule has 17 heavy (non-hydrogen) atoms. The summed E-state index contributed by atoms with van der Waals surface area (Å²) in [5.41, 5.74) is 1.20. The molecule has 94 valence electrons. The molecule has 1 rings (SSSR count). The predicted octanol–water partition coefficient (Wildman–Crippen LogP) is 3.49. The average Bonchev–Trinajstić information content (AvgIpc) is 2.35. The summed E-state index contributed by atoms with van der Waals surface area (Å²) in [6.07, 6.45) is 1.74. The number of benzene rings is 1. The van der Waals surface area contributed by atoms with Gasteiger partial charge in [0.15, 0.2) is 0 Å². The van der Waals surface area contributed by atoms with Crippen LogP contribution in [0.15, 0.2) is 24.3 Å². The molecule has 0 N–H and O–H groups in total. The normalized spacial score (nSPS) is 12.5. The van der Waals surface area contributed by atoms with E-state index in [0.29, 0.717) is 5.78 Å². The van der Waals surface area contributed by atoms with E-state index < -0.39 is 0 Å². The van der Waals surface area contributed by atoms with Gasteiger partial charge in [-0.1, -0.05) is 32.9 Å². The first-order chi connectivity index (χ1) is 8.08. The Balaban J connectivity index is 2.70. The first-order valence-corrected chi connectivity index (χ1v) is 6.25. The Hall–Kier alpha value is -1.31. The van der Waals surface area contributed by atoms with Gasteiger partial charge >= 0.3 is 0 Å². The van der Waals surface area contributed by atoms with Gasteiger partial charge in [-0.15, -0.1) is 0 Å². The Bertz CT molecular complexity index is 352. The lowest BCUT2D eigenvalue weighted by atomic mass is 9.88. The molecule has 0 heterocycles. The molecule has 0 saturated heterocycles. The van der Waals surface area contributed by atoms with E-state index in [0.717, 1.165) is 18.6 Å². The van der Waals surface area contributed by atoms with E-state index in [1.54, 1.807) is 7.11 Å². The second kappa shape index (κ2) is 6.43. The molecular formula is C15H22O2. The second-order valence-electron chi connectivity index (χ2n) is 4.71. The molecule has 1 aromatic rings. The largest absolute Gasteiger partial charge is 0.497 e. The Labute approximate surface area is 104 Å². The lowest BCUT2D eigenvalue weighted by molar-refractivity contribution is -0.125. The van der Waals surface area contributed by atoms with Crippen molar-refractivity contribution in [2.75, 3.05) is 7.11 Å². The maximum Gasteiger partial charge on any atom is 0.138 e. The third-order valence-corrected chi connectivity index (χ3v) is 3.11. The van der Waals surface area contributed by atoms with E-state index in [9.17, 15) is 4.79 Å². The van der Waals surface area contributed by atoms with Crippen LogP contribution in [-0.4, -0.2) is 12.9 Å². The van der Waals surface area contributed by atoms with Gasteiger partial charge in [0.25, 0.3) is 0 Å². The summed E-state index contributed by atoms with van der Waals surface area (Å²) in [6, 6.07) is 7.97. The van der Waals surface area contributed by atoms with Crippen LogP contribution in [0.4, 0.5) is 0 Å². The van der Waals surface area contributed by atoms with E-state index in [4.69, 9.17) is 4.74 Å². The Morgan fingerprint density at radius 3 is 2.24 bits per heavy atom. The van der Waals surface area contributed by atoms with E-state index >= 15 is 0 Å². The van der Waals surface area contributed by atoms with Gasteiger partial charge in [0.05, 0.1) is 7.11 Å². The summed E-state index contributed by atoms with van der Waals surface area (Å²) in [7, 11) is 1.66. The van der Waals surface area contributed by atoms with Crippen molar-refractivity contribution < 1.29 is 9.53 Å². The first-order valence-electron chi connectivity index (χ1n) is 6.25. The van der Waals surface area contributed by atoms with Crippen molar-refractivity contribution in [3.8, 4) is 5.75 Å². The number of methoxy groups -OCH3 is 1. The summed E-state index contributed by atoms with van der Waals surface area (Å²) in [5.74, 6) is 1.49. The number of hydrogen-bond acceptors (Lipinski definition) is 2. The fourth-order valence-corrected chi connectivity index (χ4v) is 1.96. The molecule has 0 aliphatic heterocycles. The minimum Gasteiger partial charge on any atom is -0.497 e. The van der Waals surface area contributed by atoms with Crippen molar-refractivity contribution in [3.63, 3.8) is 0 Å². The van der Waals surface area contributed by atoms with Gasteiger partial charge in [0.1, 0.15) is 11.5 Å². The van der Waals surface area contributed by atoms with Gasteiger partial charge in [-0.3, -0.25) is 4.79 Å². The molecule has 0 fully saturated rings. The molecule has 0 aliphatic carbocycles. The van der Waals surface area contributed by atoms with Gasteiger partial charge in [0, 0.05) is 11.8 Å². The van der Waals surface area contributed by atoms with Crippen LogP contribution in [0, 0.1) is 11.8 Å². The van der Waals surface area contributed by atoms with Crippen molar-refractivity contribution in [1.82, 2.24) is 0 Å². The summed E-state index contributed by atoms with van der Waals surface area (Å²) in [5, 5.41) is 0. The Morgan fingerprint density at radius 2 is 1.82 bits per heavy atom. The monoisotopic (exact) mass is 234 g/mol. The summed E-state index contributed by atoms with van der Waals surface area (Å²) < 4.78 is 5.12. The van der Waals surface area contributed by atoms with Crippen molar-refractivity contribution in [3.05, 3.63) is 29.8 Å². The highest BCUT2D eigenvalue weighted by Crippen LogP contribution is 2.19. The molecule has 2 nitrogen and oxygen atoms in total. The number of hydrogen-bond donors (Lipinski definition) is 0. The molecule has 1 aromatic carbocycles. The van der Waals surface area contributed by atoms with Crippen LogP contribution >= 0.6 is 0 Å². The summed E-state index contributed by atoms with van der Waals surface area (Å²) in [6.45, 7) is 6.02. The molecule has 0 bridgehead atoms. The van der Waals surface area contributed by atoms with Crippen molar-refractivity contribution in [1.29, 1.82) is 0 Å². The molecule has 0 aliphatic rings. The van der Waals surface area contributed by atoms with E-state index in [1.165, 1.54) is 5.56 Å². The molecule has 0 saturated carbocycles. The van der Waals surface area contributed by atoms with Gasteiger partial charge in [-0.25, -0.2) is 0 Å². The van der Waals surface area contributed by atoms with Crippen LogP contribution in [0.25, 0.3) is 0 Å².